The number of esters is 1. The van der Waals surface area contributed by atoms with Gasteiger partial charge in [-0.3, -0.25) is 14.9 Å². The van der Waals surface area contributed by atoms with Gasteiger partial charge in [0.05, 0.1) is 12.0 Å². The van der Waals surface area contributed by atoms with Crippen LogP contribution in [0.1, 0.15) is 15.9 Å². The zero-order chi connectivity index (χ0) is 20.5. The number of nitro benzene ring substituents is 1. The minimum absolute atomic E-state index is 0.0329. The number of carbonyl (C=O) groups is 2. The summed E-state index contributed by atoms with van der Waals surface area (Å²) in [6, 6.07) is 11.8. The Morgan fingerprint density at radius 2 is 1.79 bits per heavy atom. The Morgan fingerprint density at radius 3 is 2.32 bits per heavy atom. The second kappa shape index (κ2) is 9.67. The van der Waals surface area contributed by atoms with E-state index in [-0.39, 0.29) is 18.0 Å². The maximum absolute atomic E-state index is 12.5. The topological polar surface area (TPSA) is 108 Å². The molecule has 1 N–H and O–H groups in total. The van der Waals surface area contributed by atoms with Gasteiger partial charge in [-0.1, -0.05) is 12.7 Å². The van der Waals surface area contributed by atoms with Crippen molar-refractivity contribution in [2.24, 2.45) is 0 Å². The molecule has 0 saturated heterocycles. The highest BCUT2D eigenvalue weighted by atomic mass is 16.6. The van der Waals surface area contributed by atoms with Crippen LogP contribution in [0.3, 0.4) is 0 Å². The Hall–Kier alpha value is -3.94. The number of benzene rings is 2. The average molecular weight is 382 g/mol. The molecule has 0 heterocycles. The Labute approximate surface area is 161 Å². The molecule has 0 fully saturated rings. The zero-order valence-electron chi connectivity index (χ0n) is 15.1. The number of methoxy groups -OCH3 is 1. The largest absolute Gasteiger partial charge is 0.497 e. The van der Waals surface area contributed by atoms with Gasteiger partial charge in [0.25, 0.3) is 11.6 Å². The molecule has 8 nitrogen and oxygen atoms in total. The molecule has 0 spiro atoms. The maximum Gasteiger partial charge on any atom is 0.355 e. The summed E-state index contributed by atoms with van der Waals surface area (Å²) in [4.78, 5) is 34.9. The van der Waals surface area contributed by atoms with E-state index in [4.69, 9.17) is 9.47 Å². The molecule has 1 amide bonds. The molecule has 2 rings (SSSR count). The van der Waals surface area contributed by atoms with Gasteiger partial charge in [-0.15, -0.1) is 0 Å². The van der Waals surface area contributed by atoms with Crippen molar-refractivity contribution >= 4 is 23.6 Å². The summed E-state index contributed by atoms with van der Waals surface area (Å²) in [6.07, 6.45) is 2.77. The number of ether oxygens (including phenoxy) is 2. The molecule has 0 atom stereocenters. The third kappa shape index (κ3) is 5.53. The van der Waals surface area contributed by atoms with Gasteiger partial charge >= 0.3 is 5.97 Å². The summed E-state index contributed by atoms with van der Waals surface area (Å²) >= 11 is 0. The van der Waals surface area contributed by atoms with Crippen molar-refractivity contribution in [3.05, 3.63) is 88.1 Å². The Kier molecular flexibility index (Phi) is 7.04. The van der Waals surface area contributed by atoms with Crippen LogP contribution in [0, 0.1) is 10.1 Å². The molecular weight excluding hydrogens is 364 g/mol. The molecule has 8 heteroatoms. The van der Waals surface area contributed by atoms with Crippen LogP contribution in [-0.2, 0) is 9.53 Å². The molecule has 144 valence electrons. The number of rotatable bonds is 8. The van der Waals surface area contributed by atoms with Crippen LogP contribution in [0.5, 0.6) is 5.75 Å². The number of nitro groups is 1. The van der Waals surface area contributed by atoms with E-state index in [0.29, 0.717) is 16.9 Å². The predicted octanol–water partition coefficient (Wildman–Crippen LogP) is 3.10. The number of hydrogen-bond donors (Lipinski definition) is 1. The molecule has 0 aliphatic heterocycles. The molecule has 2 aromatic rings. The molecule has 0 saturated carbocycles. The lowest BCUT2D eigenvalue weighted by Crippen LogP contribution is -2.28. The van der Waals surface area contributed by atoms with E-state index in [1.54, 1.807) is 24.3 Å². The van der Waals surface area contributed by atoms with Crippen LogP contribution in [0.25, 0.3) is 6.08 Å². The fourth-order valence-corrected chi connectivity index (χ4v) is 2.15. The molecule has 0 aliphatic rings. The average Bonchev–Trinajstić information content (AvgIpc) is 2.71. The number of hydrogen-bond acceptors (Lipinski definition) is 6. The van der Waals surface area contributed by atoms with Gasteiger partial charge in [-0.25, -0.2) is 4.79 Å². The van der Waals surface area contributed by atoms with E-state index in [9.17, 15) is 19.7 Å². The summed E-state index contributed by atoms with van der Waals surface area (Å²) in [5.41, 5.74) is 0.588. The van der Waals surface area contributed by atoms with E-state index < -0.39 is 16.8 Å². The molecule has 0 radical (unpaired) electrons. The van der Waals surface area contributed by atoms with Crippen molar-refractivity contribution in [1.82, 2.24) is 5.32 Å². The Bertz CT molecular complexity index is 901. The van der Waals surface area contributed by atoms with Crippen molar-refractivity contribution in [2.75, 3.05) is 13.7 Å². The first-order chi connectivity index (χ1) is 13.4. The lowest BCUT2D eigenvalue weighted by molar-refractivity contribution is -0.384. The second-order valence-corrected chi connectivity index (χ2v) is 5.48. The van der Waals surface area contributed by atoms with E-state index in [1.807, 2.05) is 0 Å². The van der Waals surface area contributed by atoms with Crippen molar-refractivity contribution in [1.29, 1.82) is 0 Å². The highest BCUT2D eigenvalue weighted by Crippen LogP contribution is 2.15. The van der Waals surface area contributed by atoms with Crippen LogP contribution in [-0.4, -0.2) is 30.5 Å². The molecule has 0 bridgehead atoms. The minimum atomic E-state index is -0.764. The van der Waals surface area contributed by atoms with Crippen LogP contribution < -0.4 is 10.1 Å². The van der Waals surface area contributed by atoms with Gasteiger partial charge in [0.1, 0.15) is 18.1 Å². The summed E-state index contributed by atoms with van der Waals surface area (Å²) in [5, 5.41) is 13.3. The van der Waals surface area contributed by atoms with Crippen LogP contribution in [0.15, 0.2) is 66.9 Å². The van der Waals surface area contributed by atoms with Gasteiger partial charge in [-0.05, 0) is 48.0 Å². The molecular formula is C20H18N2O6. The summed E-state index contributed by atoms with van der Waals surface area (Å²) in [5.74, 6) is -0.699. The standard InChI is InChI=1S/C20H18N2O6/c1-3-12-28-20(24)18(13-14-4-8-16(9-5-14)22(25)26)21-19(23)15-6-10-17(27-2)11-7-15/h3-11,13H,1,12H2,2H3,(H,21,23). The number of non-ortho nitro benzene ring substituents is 1. The van der Waals surface area contributed by atoms with Gasteiger partial charge < -0.3 is 14.8 Å². The normalized spacial score (nSPS) is 10.7. The molecule has 0 unspecified atom stereocenters. The summed E-state index contributed by atoms with van der Waals surface area (Å²) < 4.78 is 10.0. The highest BCUT2D eigenvalue weighted by Gasteiger charge is 2.16. The number of amides is 1. The SMILES string of the molecule is C=CCOC(=O)C(=Cc1ccc([N+](=O)[O-])cc1)NC(=O)c1ccc(OC)cc1. The van der Waals surface area contributed by atoms with Crippen molar-refractivity contribution in [3.8, 4) is 5.75 Å². The Morgan fingerprint density at radius 1 is 1.14 bits per heavy atom. The second-order valence-electron chi connectivity index (χ2n) is 5.48. The zero-order valence-corrected chi connectivity index (χ0v) is 15.1. The van der Waals surface area contributed by atoms with E-state index >= 15 is 0 Å². The first kappa shape index (κ1) is 20.4. The molecule has 0 aliphatic carbocycles. The summed E-state index contributed by atoms with van der Waals surface area (Å²) in [7, 11) is 1.51. The van der Waals surface area contributed by atoms with Gasteiger partial charge in [0, 0.05) is 17.7 Å². The Balaban J connectivity index is 2.27. The number of carbonyl (C=O) groups excluding carboxylic acids is 2. The third-order valence-electron chi connectivity index (χ3n) is 3.57. The van der Waals surface area contributed by atoms with Crippen molar-refractivity contribution in [2.45, 2.75) is 0 Å². The number of nitrogens with zero attached hydrogens (tertiary/aromatic N) is 1. The van der Waals surface area contributed by atoms with E-state index in [1.165, 1.54) is 43.5 Å². The highest BCUT2D eigenvalue weighted by molar-refractivity contribution is 6.03. The summed E-state index contributed by atoms with van der Waals surface area (Å²) in [6.45, 7) is 3.43. The quantitative estimate of drug-likeness (QED) is 0.247. The predicted molar refractivity (Wildman–Crippen MR) is 103 cm³/mol. The fraction of sp³-hybridized carbons (Fsp3) is 0.100. The monoisotopic (exact) mass is 382 g/mol. The fourth-order valence-electron chi connectivity index (χ4n) is 2.15. The lowest BCUT2D eigenvalue weighted by atomic mass is 10.1. The molecule has 0 aromatic heterocycles. The van der Waals surface area contributed by atoms with Crippen LogP contribution in [0.2, 0.25) is 0 Å². The third-order valence-corrected chi connectivity index (χ3v) is 3.57. The molecule has 28 heavy (non-hydrogen) atoms. The lowest BCUT2D eigenvalue weighted by Gasteiger charge is -2.10. The van der Waals surface area contributed by atoms with E-state index in [2.05, 4.69) is 11.9 Å². The number of nitrogens with one attached hydrogen (secondary N) is 1. The minimum Gasteiger partial charge on any atom is -0.497 e. The molecule has 2 aromatic carbocycles. The van der Waals surface area contributed by atoms with Crippen molar-refractivity contribution in [3.63, 3.8) is 0 Å². The maximum atomic E-state index is 12.5. The van der Waals surface area contributed by atoms with Crippen LogP contribution in [0.4, 0.5) is 5.69 Å². The first-order valence-corrected chi connectivity index (χ1v) is 8.14. The van der Waals surface area contributed by atoms with E-state index in [0.717, 1.165) is 0 Å². The van der Waals surface area contributed by atoms with Crippen molar-refractivity contribution < 1.29 is 24.0 Å². The van der Waals surface area contributed by atoms with Gasteiger partial charge in [0.15, 0.2) is 0 Å². The first-order valence-electron chi connectivity index (χ1n) is 8.14. The van der Waals surface area contributed by atoms with Gasteiger partial charge in [-0.2, -0.15) is 0 Å². The van der Waals surface area contributed by atoms with Gasteiger partial charge in [0.2, 0.25) is 0 Å². The smallest absolute Gasteiger partial charge is 0.355 e. The van der Waals surface area contributed by atoms with Crippen LogP contribution >= 0.6 is 0 Å².